The fraction of sp³-hybridized carbons (Fsp3) is 0.500. The fourth-order valence-corrected chi connectivity index (χ4v) is 2.97. The number of alkyl halides is 2. The molecule has 0 aromatic carbocycles. The fourth-order valence-electron chi connectivity index (χ4n) is 0.891. The van der Waals surface area contributed by atoms with Gasteiger partial charge in [0.05, 0.1) is 0 Å². The number of hydrogen-bond acceptors (Lipinski definition) is 1. The van der Waals surface area contributed by atoms with Crippen LogP contribution in [0.25, 0.3) is 0 Å². The Morgan fingerprint density at radius 1 is 1.18 bits per heavy atom. The van der Waals surface area contributed by atoms with Crippen molar-refractivity contribution in [1.82, 2.24) is 0 Å². The van der Waals surface area contributed by atoms with E-state index in [-0.39, 0.29) is 0 Å². The van der Waals surface area contributed by atoms with Gasteiger partial charge < -0.3 is 0 Å². The van der Waals surface area contributed by atoms with Crippen molar-refractivity contribution < 1.29 is 0 Å². The van der Waals surface area contributed by atoms with Gasteiger partial charge in [-0.2, -0.15) is 0 Å². The van der Waals surface area contributed by atoms with Crippen molar-refractivity contribution in [3.63, 3.8) is 0 Å². The minimum absolute atomic E-state index is 1.07. The zero-order valence-corrected chi connectivity index (χ0v) is 10.1. The second kappa shape index (κ2) is 5.33. The third kappa shape index (κ3) is 3.26. The molecule has 0 fully saturated rings. The van der Waals surface area contributed by atoms with Crippen molar-refractivity contribution in [1.29, 1.82) is 0 Å². The molecule has 1 heterocycles. The molecule has 0 N–H and O–H groups in total. The Morgan fingerprint density at radius 2 is 1.91 bits per heavy atom. The van der Waals surface area contributed by atoms with Gasteiger partial charge in [-0.3, -0.25) is 0 Å². The zero-order valence-electron chi connectivity index (χ0n) is 6.15. The molecular formula is C8H10Br2S. The van der Waals surface area contributed by atoms with Gasteiger partial charge >= 0.3 is 0 Å². The van der Waals surface area contributed by atoms with Gasteiger partial charge in [0.1, 0.15) is 0 Å². The molecule has 1 rings (SSSR count). The largest absolute Gasteiger partial charge is 0.149 e. The molecule has 0 saturated heterocycles. The van der Waals surface area contributed by atoms with Gasteiger partial charge in [-0.05, 0) is 29.9 Å². The molecule has 0 aliphatic carbocycles. The van der Waals surface area contributed by atoms with E-state index in [0.29, 0.717) is 0 Å². The number of thiophene rings is 1. The third-order valence-corrected chi connectivity index (χ3v) is 3.27. The van der Waals surface area contributed by atoms with Gasteiger partial charge in [-0.1, -0.05) is 31.9 Å². The van der Waals surface area contributed by atoms with E-state index in [1.165, 1.54) is 10.4 Å². The molecule has 0 atom stereocenters. The number of aryl methyl sites for hydroxylation is 2. The highest BCUT2D eigenvalue weighted by atomic mass is 79.9. The zero-order chi connectivity index (χ0) is 8.10. The van der Waals surface area contributed by atoms with Crippen molar-refractivity contribution in [3.8, 4) is 0 Å². The normalized spacial score (nSPS) is 10.4. The summed E-state index contributed by atoms with van der Waals surface area (Å²) >= 11 is 8.72. The molecule has 0 bridgehead atoms. The first kappa shape index (κ1) is 9.75. The van der Waals surface area contributed by atoms with Crippen molar-refractivity contribution in [2.75, 3.05) is 10.7 Å². The summed E-state index contributed by atoms with van der Waals surface area (Å²) in [5.74, 6) is 0. The van der Waals surface area contributed by atoms with Gasteiger partial charge in [0.25, 0.3) is 0 Å². The summed E-state index contributed by atoms with van der Waals surface area (Å²) in [5, 5.41) is 4.39. The topological polar surface area (TPSA) is 0 Å². The van der Waals surface area contributed by atoms with Crippen LogP contribution in [0.3, 0.4) is 0 Å². The lowest BCUT2D eigenvalue weighted by molar-refractivity contribution is 1.16. The quantitative estimate of drug-likeness (QED) is 0.745. The molecule has 0 nitrogen and oxygen atoms in total. The molecule has 0 unspecified atom stereocenters. The van der Waals surface area contributed by atoms with Crippen molar-refractivity contribution in [2.45, 2.75) is 12.8 Å². The predicted octanol–water partition coefficient (Wildman–Crippen LogP) is 3.62. The minimum atomic E-state index is 1.07. The van der Waals surface area contributed by atoms with Gasteiger partial charge in [0.2, 0.25) is 0 Å². The van der Waals surface area contributed by atoms with E-state index in [9.17, 15) is 0 Å². The van der Waals surface area contributed by atoms with Gasteiger partial charge in [-0.25, -0.2) is 0 Å². The first-order valence-electron chi connectivity index (χ1n) is 3.55. The summed E-state index contributed by atoms with van der Waals surface area (Å²) in [5.41, 5.74) is 1.46. The Kier molecular flexibility index (Phi) is 4.72. The second-order valence-corrected chi connectivity index (χ2v) is 4.88. The van der Waals surface area contributed by atoms with Crippen molar-refractivity contribution in [3.05, 3.63) is 21.9 Å². The van der Waals surface area contributed by atoms with Gasteiger partial charge in [-0.15, -0.1) is 11.3 Å². The monoisotopic (exact) mass is 296 g/mol. The third-order valence-electron chi connectivity index (χ3n) is 1.43. The Hall–Kier alpha value is 0.660. The van der Waals surface area contributed by atoms with Crippen LogP contribution in [0.2, 0.25) is 0 Å². The maximum absolute atomic E-state index is 3.43. The molecule has 0 amide bonds. The first-order chi connectivity index (χ1) is 5.36. The lowest BCUT2D eigenvalue weighted by Crippen LogP contribution is -1.81. The Labute approximate surface area is 88.3 Å². The Balaban J connectivity index is 2.51. The molecule has 3 heteroatoms. The van der Waals surface area contributed by atoms with Gasteiger partial charge in [0.15, 0.2) is 0 Å². The first-order valence-corrected chi connectivity index (χ1v) is 6.67. The van der Waals surface area contributed by atoms with E-state index in [0.717, 1.165) is 23.5 Å². The summed E-state index contributed by atoms with van der Waals surface area (Å²) in [6, 6.07) is 2.30. The van der Waals surface area contributed by atoms with Crippen molar-refractivity contribution in [2.24, 2.45) is 0 Å². The van der Waals surface area contributed by atoms with Crippen LogP contribution in [0.1, 0.15) is 10.4 Å². The number of halogens is 2. The molecule has 0 radical (unpaired) electrons. The summed E-state index contributed by atoms with van der Waals surface area (Å²) in [7, 11) is 0. The van der Waals surface area contributed by atoms with E-state index in [1.54, 1.807) is 0 Å². The van der Waals surface area contributed by atoms with Crippen LogP contribution in [-0.2, 0) is 12.8 Å². The lowest BCUT2D eigenvalue weighted by atomic mass is 10.2. The van der Waals surface area contributed by atoms with E-state index < -0.39 is 0 Å². The molecule has 0 spiro atoms. The van der Waals surface area contributed by atoms with E-state index in [4.69, 9.17) is 0 Å². The molecule has 1 aromatic rings. The molecule has 62 valence electrons. The predicted molar refractivity (Wildman–Crippen MR) is 59.3 cm³/mol. The molecule has 0 saturated carbocycles. The van der Waals surface area contributed by atoms with Crippen LogP contribution in [0.4, 0.5) is 0 Å². The van der Waals surface area contributed by atoms with Crippen LogP contribution in [-0.4, -0.2) is 10.7 Å². The SMILES string of the molecule is BrCCc1csc(CCBr)c1. The van der Waals surface area contributed by atoms with E-state index in [2.05, 4.69) is 43.3 Å². The van der Waals surface area contributed by atoms with E-state index >= 15 is 0 Å². The lowest BCUT2D eigenvalue weighted by Gasteiger charge is -1.88. The van der Waals surface area contributed by atoms with Gasteiger partial charge in [0, 0.05) is 15.5 Å². The Morgan fingerprint density at radius 3 is 2.55 bits per heavy atom. The highest BCUT2D eigenvalue weighted by Gasteiger charge is 1.97. The van der Waals surface area contributed by atoms with Crippen LogP contribution in [0.15, 0.2) is 11.4 Å². The van der Waals surface area contributed by atoms with Crippen LogP contribution in [0, 0.1) is 0 Å². The van der Waals surface area contributed by atoms with Crippen LogP contribution >= 0.6 is 43.2 Å². The highest BCUT2D eigenvalue weighted by molar-refractivity contribution is 9.09. The smallest absolute Gasteiger partial charge is 0.00796 e. The molecule has 0 aliphatic rings. The molecular weight excluding hydrogens is 288 g/mol. The van der Waals surface area contributed by atoms with E-state index in [1.807, 2.05) is 11.3 Å². The van der Waals surface area contributed by atoms with Crippen molar-refractivity contribution >= 4 is 43.2 Å². The molecule has 1 aromatic heterocycles. The summed E-state index contributed by atoms with van der Waals surface area (Å²) in [6.45, 7) is 0. The molecule has 0 aliphatic heterocycles. The molecule has 11 heavy (non-hydrogen) atoms. The summed E-state index contributed by atoms with van der Waals surface area (Å²) in [4.78, 5) is 1.48. The maximum atomic E-state index is 3.43. The van der Waals surface area contributed by atoms with Crippen LogP contribution in [0.5, 0.6) is 0 Å². The highest BCUT2D eigenvalue weighted by Crippen LogP contribution is 2.16. The average molecular weight is 298 g/mol. The van der Waals surface area contributed by atoms with Crippen LogP contribution < -0.4 is 0 Å². The minimum Gasteiger partial charge on any atom is -0.149 e. The maximum Gasteiger partial charge on any atom is 0.00796 e. The number of hydrogen-bond donors (Lipinski definition) is 0. The standard InChI is InChI=1S/C8H10Br2S/c9-3-1-7-5-8(2-4-10)11-6-7/h5-6H,1-4H2. The average Bonchev–Trinajstić information content (AvgIpc) is 2.38. The summed E-state index contributed by atoms with van der Waals surface area (Å²) < 4.78 is 0. The number of rotatable bonds is 4. The Bertz CT molecular complexity index is 187. The summed E-state index contributed by atoms with van der Waals surface area (Å²) in [6.07, 6.45) is 2.31. The second-order valence-electron chi connectivity index (χ2n) is 2.30.